The van der Waals surface area contributed by atoms with Crippen molar-refractivity contribution in [1.82, 2.24) is 20.3 Å². The van der Waals surface area contributed by atoms with E-state index in [0.29, 0.717) is 5.92 Å². The maximum absolute atomic E-state index is 12.8. The van der Waals surface area contributed by atoms with Crippen LogP contribution in [-0.4, -0.2) is 53.6 Å². The molecule has 1 saturated heterocycles. The third kappa shape index (κ3) is 4.02. The molecule has 6 nitrogen and oxygen atoms in total. The first-order valence-electron chi connectivity index (χ1n) is 10.3. The van der Waals surface area contributed by atoms with Crippen molar-refractivity contribution in [2.75, 3.05) is 32.7 Å². The topological polar surface area (TPSA) is 61.6 Å². The normalized spacial score (nSPS) is 20.5. The number of nitrogens with zero attached hydrogens (tertiary/aromatic N) is 3. The van der Waals surface area contributed by atoms with Crippen LogP contribution in [0, 0.1) is 19.8 Å². The Kier molecular flexibility index (Phi) is 5.85. The zero-order valence-corrected chi connectivity index (χ0v) is 17.9. The van der Waals surface area contributed by atoms with E-state index in [1.807, 2.05) is 19.2 Å². The van der Waals surface area contributed by atoms with Crippen LogP contribution in [0.25, 0.3) is 0 Å². The van der Waals surface area contributed by atoms with Crippen molar-refractivity contribution in [3.8, 4) is 0 Å². The van der Waals surface area contributed by atoms with Gasteiger partial charge in [-0.2, -0.15) is 0 Å². The van der Waals surface area contributed by atoms with Crippen LogP contribution in [0.15, 0.2) is 9.90 Å². The average Bonchev–Trinajstić information content (AvgIpc) is 3.41. The van der Waals surface area contributed by atoms with E-state index in [0.717, 1.165) is 69.3 Å². The largest absolute Gasteiger partial charge is 0.361 e. The van der Waals surface area contributed by atoms with Gasteiger partial charge in [-0.25, -0.2) is 0 Å². The fourth-order valence-electron chi connectivity index (χ4n) is 4.36. The molecule has 4 rings (SSSR count). The molecule has 4 heterocycles. The summed E-state index contributed by atoms with van der Waals surface area (Å²) in [5, 5.41) is 9.30. The van der Waals surface area contributed by atoms with Gasteiger partial charge in [-0.3, -0.25) is 9.69 Å². The van der Waals surface area contributed by atoms with Gasteiger partial charge in [0.25, 0.3) is 5.91 Å². The molecule has 0 radical (unpaired) electrons. The molecule has 0 saturated carbocycles. The van der Waals surface area contributed by atoms with Crippen LogP contribution in [-0.2, 0) is 19.5 Å². The number of amides is 1. The first-order valence-corrected chi connectivity index (χ1v) is 11.2. The van der Waals surface area contributed by atoms with E-state index in [9.17, 15) is 4.79 Å². The maximum Gasteiger partial charge on any atom is 0.252 e. The van der Waals surface area contributed by atoms with E-state index in [-0.39, 0.29) is 5.91 Å². The van der Waals surface area contributed by atoms with Gasteiger partial charge in [-0.15, -0.1) is 11.3 Å². The quantitative estimate of drug-likeness (QED) is 0.805. The van der Waals surface area contributed by atoms with Crippen LogP contribution in [0.5, 0.6) is 0 Å². The van der Waals surface area contributed by atoms with Crippen LogP contribution >= 0.6 is 11.3 Å². The van der Waals surface area contributed by atoms with Gasteiger partial charge in [0.1, 0.15) is 5.76 Å². The minimum absolute atomic E-state index is 0.103. The number of aryl methyl sites for hydroxylation is 2. The van der Waals surface area contributed by atoms with Crippen molar-refractivity contribution in [1.29, 1.82) is 0 Å². The Morgan fingerprint density at radius 1 is 1.36 bits per heavy atom. The second kappa shape index (κ2) is 8.35. The zero-order chi connectivity index (χ0) is 19.7. The number of hydrogen-bond acceptors (Lipinski definition) is 6. The Morgan fingerprint density at radius 2 is 2.21 bits per heavy atom. The Morgan fingerprint density at radius 3 is 2.93 bits per heavy atom. The lowest BCUT2D eigenvalue weighted by molar-refractivity contribution is 0.0946. The molecule has 0 bridgehead atoms. The third-order valence-corrected chi connectivity index (χ3v) is 7.22. The monoisotopic (exact) mass is 402 g/mol. The predicted molar refractivity (Wildman–Crippen MR) is 111 cm³/mol. The number of thiophene rings is 1. The molecule has 0 aromatic carbocycles. The number of carbonyl (C=O) groups is 1. The second-order valence-corrected chi connectivity index (χ2v) is 9.04. The number of carbonyl (C=O) groups excluding carboxylic acids is 1. The van der Waals surface area contributed by atoms with Crippen LogP contribution in [0.1, 0.15) is 51.2 Å². The summed E-state index contributed by atoms with van der Waals surface area (Å²) < 4.78 is 5.29. The number of aromatic nitrogens is 1. The molecule has 1 N–H and O–H groups in total. The molecular weight excluding hydrogens is 372 g/mol. The van der Waals surface area contributed by atoms with E-state index >= 15 is 0 Å². The summed E-state index contributed by atoms with van der Waals surface area (Å²) >= 11 is 1.72. The van der Waals surface area contributed by atoms with Crippen LogP contribution in [0.2, 0.25) is 0 Å². The standard InChI is InChI=1S/C21H30N4O2S/c1-4-24-7-5-16(10-24)9-22-21(26)19-13-28-20-12-25(8-6-17(19)20)11-18-14(2)23-27-15(18)3/h13,16H,4-12H2,1-3H3,(H,22,26). The van der Waals surface area contributed by atoms with Crippen molar-refractivity contribution >= 4 is 17.2 Å². The number of hydrogen-bond donors (Lipinski definition) is 1. The lowest BCUT2D eigenvalue weighted by atomic mass is 10.0. The summed E-state index contributed by atoms with van der Waals surface area (Å²) in [6.07, 6.45) is 2.12. The molecule has 2 aromatic heterocycles. The lowest BCUT2D eigenvalue weighted by Gasteiger charge is -2.27. The van der Waals surface area contributed by atoms with Gasteiger partial charge in [0.2, 0.25) is 0 Å². The molecule has 7 heteroatoms. The smallest absolute Gasteiger partial charge is 0.252 e. The van der Waals surface area contributed by atoms with Crippen molar-refractivity contribution in [3.63, 3.8) is 0 Å². The Hall–Kier alpha value is -1.70. The van der Waals surface area contributed by atoms with Crippen molar-refractivity contribution in [2.45, 2.75) is 46.7 Å². The third-order valence-electron chi connectivity index (χ3n) is 6.20. The molecule has 1 atom stereocenters. The van der Waals surface area contributed by atoms with Gasteiger partial charge in [0.05, 0.1) is 11.3 Å². The fourth-order valence-corrected chi connectivity index (χ4v) is 5.48. The van der Waals surface area contributed by atoms with Gasteiger partial charge in [-0.05, 0) is 51.3 Å². The highest BCUT2D eigenvalue weighted by Crippen LogP contribution is 2.30. The van der Waals surface area contributed by atoms with Gasteiger partial charge >= 0.3 is 0 Å². The molecule has 2 aliphatic heterocycles. The SMILES string of the molecule is CCN1CCC(CNC(=O)c2csc3c2CCN(Cc2c(C)noc2C)C3)C1. The maximum atomic E-state index is 12.8. The average molecular weight is 403 g/mol. The van der Waals surface area contributed by atoms with Crippen molar-refractivity contribution in [3.05, 3.63) is 38.4 Å². The molecule has 1 unspecified atom stereocenters. The summed E-state index contributed by atoms with van der Waals surface area (Å²) in [6, 6.07) is 0. The summed E-state index contributed by atoms with van der Waals surface area (Å²) in [4.78, 5) is 19.0. The van der Waals surface area contributed by atoms with Gasteiger partial charge in [0, 0.05) is 48.5 Å². The fraction of sp³-hybridized carbons (Fsp3) is 0.619. The molecule has 152 valence electrons. The summed E-state index contributed by atoms with van der Waals surface area (Å²) in [5.74, 6) is 1.60. The molecule has 0 aliphatic carbocycles. The van der Waals surface area contributed by atoms with E-state index in [2.05, 4.69) is 27.2 Å². The molecular formula is C21H30N4O2S. The Labute approximate surface area is 170 Å². The zero-order valence-electron chi connectivity index (χ0n) is 17.1. The van der Waals surface area contributed by atoms with Crippen LogP contribution in [0.3, 0.4) is 0 Å². The number of nitrogens with one attached hydrogen (secondary N) is 1. The highest BCUT2D eigenvalue weighted by atomic mass is 32.1. The van der Waals surface area contributed by atoms with Crippen molar-refractivity contribution < 1.29 is 9.32 Å². The Bertz CT molecular complexity index is 824. The Balaban J connectivity index is 1.35. The first-order chi connectivity index (χ1) is 13.5. The predicted octanol–water partition coefficient (Wildman–Crippen LogP) is 2.98. The molecule has 1 amide bonds. The highest BCUT2D eigenvalue weighted by Gasteiger charge is 2.26. The molecule has 2 aliphatic rings. The summed E-state index contributed by atoms with van der Waals surface area (Å²) in [6.45, 7) is 13.0. The molecule has 0 spiro atoms. The molecule has 2 aromatic rings. The minimum Gasteiger partial charge on any atom is -0.361 e. The lowest BCUT2D eigenvalue weighted by Crippen LogP contribution is -2.33. The van der Waals surface area contributed by atoms with Crippen molar-refractivity contribution in [2.24, 2.45) is 5.92 Å². The second-order valence-electron chi connectivity index (χ2n) is 8.07. The first kappa shape index (κ1) is 19.6. The van der Waals surface area contributed by atoms with Gasteiger partial charge in [-0.1, -0.05) is 12.1 Å². The van der Waals surface area contributed by atoms with Gasteiger partial charge < -0.3 is 14.7 Å². The number of rotatable bonds is 6. The summed E-state index contributed by atoms with van der Waals surface area (Å²) in [5.41, 5.74) is 4.31. The van der Waals surface area contributed by atoms with Crippen LogP contribution < -0.4 is 5.32 Å². The minimum atomic E-state index is 0.103. The van der Waals surface area contributed by atoms with E-state index in [4.69, 9.17) is 4.52 Å². The summed E-state index contributed by atoms with van der Waals surface area (Å²) in [7, 11) is 0. The van der Waals surface area contributed by atoms with E-state index in [1.54, 1.807) is 11.3 Å². The highest BCUT2D eigenvalue weighted by molar-refractivity contribution is 7.10. The van der Waals surface area contributed by atoms with E-state index in [1.165, 1.54) is 22.4 Å². The van der Waals surface area contributed by atoms with Crippen LogP contribution in [0.4, 0.5) is 0 Å². The van der Waals surface area contributed by atoms with Gasteiger partial charge in [0.15, 0.2) is 0 Å². The molecule has 1 fully saturated rings. The molecule has 28 heavy (non-hydrogen) atoms. The van der Waals surface area contributed by atoms with E-state index < -0.39 is 0 Å². The number of fused-ring (bicyclic) bond motifs is 1. The number of likely N-dealkylation sites (tertiary alicyclic amines) is 1.